The Bertz CT molecular complexity index is 946. The van der Waals surface area contributed by atoms with E-state index in [2.05, 4.69) is 20.1 Å². The van der Waals surface area contributed by atoms with Crippen molar-refractivity contribution in [2.45, 2.75) is 11.4 Å². The van der Waals surface area contributed by atoms with Gasteiger partial charge in [-0.05, 0) is 24.6 Å². The van der Waals surface area contributed by atoms with Crippen molar-refractivity contribution >= 4 is 50.8 Å². The van der Waals surface area contributed by atoms with Crippen LogP contribution in [0, 0.1) is 6.92 Å². The molecule has 1 unspecified atom stereocenters. The van der Waals surface area contributed by atoms with Gasteiger partial charge in [0.25, 0.3) is 10.0 Å². The maximum absolute atomic E-state index is 12.8. The van der Waals surface area contributed by atoms with Crippen LogP contribution in [0.2, 0.25) is 0 Å². The number of aliphatic imine (C=N–C) groups is 2. The van der Waals surface area contributed by atoms with E-state index >= 15 is 0 Å². The minimum Gasteiger partial charge on any atom is -0.480 e. The Balaban J connectivity index is 1.97. The predicted octanol–water partition coefficient (Wildman–Crippen LogP) is 1.88. The van der Waals surface area contributed by atoms with Crippen LogP contribution in [-0.4, -0.2) is 44.0 Å². The lowest BCUT2D eigenvalue weighted by atomic mass is 10.2. The molecule has 9 nitrogen and oxygen atoms in total. The van der Waals surface area contributed by atoms with Gasteiger partial charge in [-0.3, -0.25) is 4.72 Å². The first-order valence-corrected chi connectivity index (χ1v) is 9.47. The smallest absolute Gasteiger partial charge is 0.330 e. The van der Waals surface area contributed by atoms with E-state index in [1.54, 1.807) is 18.2 Å². The first-order valence-electron chi connectivity index (χ1n) is 7.23. The maximum Gasteiger partial charge on any atom is 0.330 e. The molecule has 3 rings (SSSR count). The van der Waals surface area contributed by atoms with Gasteiger partial charge in [-0.2, -0.15) is 15.4 Å². The van der Waals surface area contributed by atoms with Crippen LogP contribution < -0.4 is 10.1 Å². The van der Waals surface area contributed by atoms with Gasteiger partial charge in [0.15, 0.2) is 5.03 Å². The molecular weight excluding hydrogens is 405 g/mol. The molecule has 2 heterocycles. The van der Waals surface area contributed by atoms with Crippen molar-refractivity contribution in [2.75, 3.05) is 18.9 Å². The summed E-state index contributed by atoms with van der Waals surface area (Å²) in [7, 11) is -1.51. The van der Waals surface area contributed by atoms with Gasteiger partial charge in [0, 0.05) is 5.69 Å². The summed E-state index contributed by atoms with van der Waals surface area (Å²) in [5.74, 6) is -0.0106. The van der Waals surface area contributed by atoms with Crippen LogP contribution in [-0.2, 0) is 19.5 Å². The zero-order chi connectivity index (χ0) is 19.1. The van der Waals surface area contributed by atoms with Gasteiger partial charge in [0.05, 0.1) is 14.2 Å². The number of sulfonamides is 1. The molecule has 0 bridgehead atoms. The van der Waals surface area contributed by atoms with E-state index in [9.17, 15) is 8.42 Å². The summed E-state index contributed by atoms with van der Waals surface area (Å²) in [4.78, 5) is 8.00. The molecule has 0 aromatic heterocycles. The molecule has 2 N–H and O–H groups in total. The number of alkyl halides is 1. The number of nitrogens with zero attached hydrogens (tertiary/aromatic N) is 3. The molecule has 0 amide bonds. The van der Waals surface area contributed by atoms with Gasteiger partial charge < -0.3 is 9.47 Å². The Morgan fingerprint density at radius 1 is 1.31 bits per heavy atom. The summed E-state index contributed by atoms with van der Waals surface area (Å²) in [5, 5.41) is 1.17. The van der Waals surface area contributed by atoms with Crippen LogP contribution in [0.3, 0.4) is 0 Å². The number of nitrogens with one attached hydrogen (secondary N) is 2. The first kappa shape index (κ1) is 18.8. The molecule has 0 saturated carbocycles. The number of aryl methyl sites for hydroxylation is 1. The van der Waals surface area contributed by atoms with Gasteiger partial charge >= 0.3 is 4.45 Å². The van der Waals surface area contributed by atoms with Crippen molar-refractivity contribution in [3.8, 4) is 0 Å². The van der Waals surface area contributed by atoms with E-state index in [0.717, 1.165) is 10.6 Å². The zero-order valence-corrected chi connectivity index (χ0v) is 16.3. The van der Waals surface area contributed by atoms with Crippen molar-refractivity contribution < 1.29 is 17.9 Å². The second kappa shape index (κ2) is 6.62. The molecule has 2 aliphatic heterocycles. The van der Waals surface area contributed by atoms with Crippen molar-refractivity contribution in [2.24, 2.45) is 9.98 Å². The summed E-state index contributed by atoms with van der Waals surface area (Å²) in [5.41, 5.74) is 3.76. The minimum atomic E-state index is -4.22. The van der Waals surface area contributed by atoms with E-state index in [1.165, 1.54) is 14.2 Å². The third-order valence-corrected chi connectivity index (χ3v) is 5.99. The average Bonchev–Trinajstić information content (AvgIpc) is 2.92. The fourth-order valence-electron chi connectivity index (χ4n) is 2.31. The summed E-state index contributed by atoms with van der Waals surface area (Å²) >= 11 is 12.4. The van der Waals surface area contributed by atoms with Gasteiger partial charge in [-0.25, -0.2) is 13.4 Å². The van der Waals surface area contributed by atoms with Gasteiger partial charge in [0.1, 0.15) is 0 Å². The topological polar surface area (TPSA) is 105 Å². The highest BCUT2D eigenvalue weighted by molar-refractivity contribution is 7.95. The van der Waals surface area contributed by atoms with Crippen LogP contribution >= 0.6 is 23.2 Å². The Morgan fingerprint density at radius 3 is 2.65 bits per heavy atom. The Morgan fingerprint density at radius 2 is 2.04 bits per heavy atom. The van der Waals surface area contributed by atoms with E-state index < -0.39 is 14.5 Å². The van der Waals surface area contributed by atoms with Gasteiger partial charge in [-0.1, -0.05) is 35.3 Å². The SMILES string of the molecule is COC1=NC2=NC(Cl)(S(=O)(=O)Nc3cccc(C)c3)NN2C(OC)=C1Cl. The molecule has 1 atom stereocenters. The molecule has 0 saturated heterocycles. The quantitative estimate of drug-likeness (QED) is 0.570. The van der Waals surface area contributed by atoms with Crippen LogP contribution in [0.15, 0.2) is 45.2 Å². The number of anilines is 1. The monoisotopic (exact) mass is 419 g/mol. The number of fused-ring (bicyclic) bond motifs is 1. The van der Waals surface area contributed by atoms with Crippen LogP contribution in [0.4, 0.5) is 5.69 Å². The summed E-state index contributed by atoms with van der Waals surface area (Å²) in [6, 6.07) is 6.80. The highest BCUT2D eigenvalue weighted by Crippen LogP contribution is 2.34. The minimum absolute atomic E-state index is 0.0188. The summed E-state index contributed by atoms with van der Waals surface area (Å²) < 4.78 is 36.0. The molecule has 0 radical (unpaired) electrons. The lowest BCUT2D eigenvalue weighted by Gasteiger charge is -2.27. The molecule has 26 heavy (non-hydrogen) atoms. The maximum atomic E-state index is 12.8. The highest BCUT2D eigenvalue weighted by atomic mass is 35.5. The number of benzene rings is 1. The van der Waals surface area contributed by atoms with Gasteiger partial charge in [-0.15, -0.1) is 0 Å². The molecule has 0 aliphatic carbocycles. The number of rotatable bonds is 4. The Labute approximate surface area is 160 Å². The molecule has 0 spiro atoms. The van der Waals surface area contributed by atoms with Crippen molar-refractivity contribution in [1.29, 1.82) is 0 Å². The average molecular weight is 420 g/mol. The standard InChI is InChI=1S/C14H15Cl2N5O4S/c1-8-5-4-6-9(7-8)19-26(22,23)14(16)18-13-17-11(24-2)10(15)12(25-3)21(13)20-14/h4-7,19-20H,1-3H3. The lowest BCUT2D eigenvalue weighted by Crippen LogP contribution is -2.52. The van der Waals surface area contributed by atoms with E-state index in [1.807, 2.05) is 13.0 Å². The number of methoxy groups -OCH3 is 2. The molecular formula is C14H15Cl2N5O4S. The molecule has 2 aliphatic rings. The summed E-state index contributed by atoms with van der Waals surface area (Å²) in [6.07, 6.45) is 0. The van der Waals surface area contributed by atoms with Crippen molar-refractivity contribution in [3.05, 3.63) is 40.7 Å². The van der Waals surface area contributed by atoms with Crippen LogP contribution in [0.1, 0.15) is 5.56 Å². The van der Waals surface area contributed by atoms with Crippen LogP contribution in [0.5, 0.6) is 0 Å². The largest absolute Gasteiger partial charge is 0.480 e. The number of guanidine groups is 1. The number of halogens is 2. The fourth-order valence-corrected chi connectivity index (χ4v) is 3.85. The van der Waals surface area contributed by atoms with E-state index in [4.69, 9.17) is 32.7 Å². The fraction of sp³-hybridized carbons (Fsp3) is 0.286. The normalized spacial score (nSPS) is 22.6. The first-order chi connectivity index (χ1) is 12.2. The number of hydrogen-bond acceptors (Lipinski definition) is 8. The predicted molar refractivity (Wildman–Crippen MR) is 99.0 cm³/mol. The lowest BCUT2D eigenvalue weighted by molar-refractivity contribution is 0.168. The van der Waals surface area contributed by atoms with E-state index in [0.29, 0.717) is 5.69 Å². The van der Waals surface area contributed by atoms with Gasteiger partial charge in [0.2, 0.25) is 17.7 Å². The molecule has 0 fully saturated rings. The highest BCUT2D eigenvalue weighted by Gasteiger charge is 2.52. The number of hydrazine groups is 1. The zero-order valence-electron chi connectivity index (χ0n) is 13.9. The van der Waals surface area contributed by atoms with Crippen molar-refractivity contribution in [3.63, 3.8) is 0 Å². The number of hydrogen-bond donors (Lipinski definition) is 2. The summed E-state index contributed by atoms with van der Waals surface area (Å²) in [6.45, 7) is 1.83. The molecule has 1 aromatic rings. The van der Waals surface area contributed by atoms with E-state index in [-0.39, 0.29) is 22.8 Å². The second-order valence-electron chi connectivity index (χ2n) is 5.34. The van der Waals surface area contributed by atoms with Crippen LogP contribution in [0.25, 0.3) is 0 Å². The van der Waals surface area contributed by atoms with Crippen molar-refractivity contribution in [1.82, 2.24) is 10.4 Å². The molecule has 1 aromatic carbocycles. The Kier molecular flexibility index (Phi) is 4.78. The molecule has 12 heteroatoms. The number of ether oxygens (including phenoxy) is 2. The third-order valence-electron chi connectivity index (χ3n) is 3.49. The Hall–Kier alpha value is -2.01. The third kappa shape index (κ3) is 3.09. The second-order valence-corrected chi connectivity index (χ2v) is 8.29. The molecule has 140 valence electrons.